The Hall–Kier alpha value is -0.960. The van der Waals surface area contributed by atoms with Gasteiger partial charge in [-0.05, 0) is 25.0 Å². The first kappa shape index (κ1) is 15.4. The molecule has 1 unspecified atom stereocenters. The Labute approximate surface area is 119 Å². The molecule has 1 aliphatic heterocycles. The molecule has 0 spiro atoms. The van der Waals surface area contributed by atoms with Crippen LogP contribution in [-0.4, -0.2) is 46.5 Å². The van der Waals surface area contributed by atoms with E-state index in [9.17, 15) is 16.8 Å². The first-order chi connectivity index (χ1) is 9.29. The number of piperidine rings is 1. The van der Waals surface area contributed by atoms with Crippen LogP contribution in [0.5, 0.6) is 0 Å². The van der Waals surface area contributed by atoms with Gasteiger partial charge in [-0.15, -0.1) is 0 Å². The molecule has 1 N–H and O–H groups in total. The number of nitrogens with one attached hydrogen (secondary N) is 1. The molecule has 0 aliphatic carbocycles. The summed E-state index contributed by atoms with van der Waals surface area (Å²) in [6.45, 7) is 0.632. The van der Waals surface area contributed by atoms with Crippen molar-refractivity contribution in [1.82, 2.24) is 9.03 Å². The molecule has 0 saturated carbocycles. The molecule has 0 amide bonds. The second kappa shape index (κ2) is 5.80. The van der Waals surface area contributed by atoms with Gasteiger partial charge in [0.1, 0.15) is 0 Å². The summed E-state index contributed by atoms with van der Waals surface area (Å²) in [7, 11) is -6.88. The van der Waals surface area contributed by atoms with Crippen LogP contribution in [0.4, 0.5) is 0 Å². The maximum Gasteiger partial charge on any atom is 0.240 e. The van der Waals surface area contributed by atoms with E-state index in [1.165, 1.54) is 16.4 Å². The monoisotopic (exact) mass is 318 g/mol. The molecule has 1 aliphatic rings. The van der Waals surface area contributed by atoms with Crippen molar-refractivity contribution in [3.63, 3.8) is 0 Å². The third-order valence-corrected chi connectivity index (χ3v) is 6.03. The zero-order valence-corrected chi connectivity index (χ0v) is 12.8. The minimum absolute atomic E-state index is 0.185. The predicted molar refractivity (Wildman–Crippen MR) is 76.2 cm³/mol. The Morgan fingerprint density at radius 1 is 1.15 bits per heavy atom. The van der Waals surface area contributed by atoms with Crippen LogP contribution in [0.25, 0.3) is 0 Å². The lowest BCUT2D eigenvalue weighted by atomic mass is 10.1. The van der Waals surface area contributed by atoms with Crippen molar-refractivity contribution in [3.05, 3.63) is 30.3 Å². The van der Waals surface area contributed by atoms with Crippen LogP contribution in [0.15, 0.2) is 35.2 Å². The molecule has 1 saturated heterocycles. The number of sulfonamides is 2. The van der Waals surface area contributed by atoms with Crippen LogP contribution in [-0.2, 0) is 20.0 Å². The molecule has 1 fully saturated rings. The van der Waals surface area contributed by atoms with Crippen molar-refractivity contribution in [3.8, 4) is 0 Å². The van der Waals surface area contributed by atoms with Gasteiger partial charge in [0.25, 0.3) is 0 Å². The molecule has 0 bridgehead atoms. The molecule has 112 valence electrons. The highest BCUT2D eigenvalue weighted by Crippen LogP contribution is 2.16. The number of rotatable bonds is 4. The molecule has 8 heteroatoms. The van der Waals surface area contributed by atoms with Gasteiger partial charge >= 0.3 is 0 Å². The van der Waals surface area contributed by atoms with Crippen molar-refractivity contribution in [2.45, 2.75) is 23.8 Å². The van der Waals surface area contributed by atoms with Gasteiger partial charge in [-0.3, -0.25) is 0 Å². The van der Waals surface area contributed by atoms with Gasteiger partial charge in [-0.2, -0.15) is 0 Å². The van der Waals surface area contributed by atoms with Crippen molar-refractivity contribution < 1.29 is 16.8 Å². The summed E-state index contributed by atoms with van der Waals surface area (Å²) in [5, 5.41) is 0. The number of hydrogen-bond donors (Lipinski definition) is 1. The molecular formula is C12H18N2O4S2. The summed E-state index contributed by atoms with van der Waals surface area (Å²) in [5.74, 6) is 0. The minimum atomic E-state index is -3.60. The zero-order chi connectivity index (χ0) is 14.8. The second-order valence-corrected chi connectivity index (χ2v) is 8.59. The van der Waals surface area contributed by atoms with Gasteiger partial charge in [0.05, 0.1) is 11.2 Å². The van der Waals surface area contributed by atoms with Crippen molar-refractivity contribution >= 4 is 20.0 Å². The van der Waals surface area contributed by atoms with Gasteiger partial charge in [-0.25, -0.2) is 25.9 Å². The Morgan fingerprint density at radius 3 is 2.40 bits per heavy atom. The summed E-state index contributed by atoms with van der Waals surface area (Å²) in [5.41, 5.74) is 0. The lowest BCUT2D eigenvalue weighted by molar-refractivity contribution is 0.305. The summed E-state index contributed by atoms with van der Waals surface area (Å²) < 4.78 is 51.3. The van der Waals surface area contributed by atoms with E-state index in [4.69, 9.17) is 0 Å². The molecule has 0 aromatic heterocycles. The van der Waals surface area contributed by atoms with E-state index in [0.717, 1.165) is 6.26 Å². The lowest BCUT2D eigenvalue weighted by Crippen LogP contribution is -2.49. The largest absolute Gasteiger partial charge is 0.240 e. The van der Waals surface area contributed by atoms with Gasteiger partial charge in [-0.1, -0.05) is 18.2 Å². The summed E-state index contributed by atoms with van der Waals surface area (Å²) >= 11 is 0. The molecule has 1 aromatic rings. The molecule has 2 rings (SSSR count). The third-order valence-electron chi connectivity index (χ3n) is 3.23. The third kappa shape index (κ3) is 3.78. The first-order valence-corrected chi connectivity index (χ1v) is 9.65. The molecule has 1 aromatic carbocycles. The van der Waals surface area contributed by atoms with E-state index in [2.05, 4.69) is 4.72 Å². The van der Waals surface area contributed by atoms with Crippen LogP contribution < -0.4 is 4.72 Å². The highest BCUT2D eigenvalue weighted by atomic mass is 32.2. The predicted octanol–water partition coefficient (Wildman–Crippen LogP) is 0.389. The maximum absolute atomic E-state index is 12.2. The van der Waals surface area contributed by atoms with Crippen LogP contribution in [0.3, 0.4) is 0 Å². The highest BCUT2D eigenvalue weighted by Gasteiger charge is 2.28. The molecule has 1 atom stereocenters. The zero-order valence-electron chi connectivity index (χ0n) is 11.2. The van der Waals surface area contributed by atoms with Crippen LogP contribution in [0.2, 0.25) is 0 Å². The van der Waals surface area contributed by atoms with E-state index in [-0.39, 0.29) is 17.5 Å². The standard InChI is InChI=1S/C12H18N2O4S2/c1-19(15,16)14-9-5-6-11(10-14)13-20(17,18)12-7-3-2-4-8-12/h2-4,7-8,11,13H,5-6,9-10H2,1H3. The van der Waals surface area contributed by atoms with E-state index < -0.39 is 20.0 Å². The highest BCUT2D eigenvalue weighted by molar-refractivity contribution is 7.89. The molecule has 20 heavy (non-hydrogen) atoms. The van der Waals surface area contributed by atoms with Crippen molar-refractivity contribution in [2.75, 3.05) is 19.3 Å². The van der Waals surface area contributed by atoms with E-state index >= 15 is 0 Å². The number of benzene rings is 1. The van der Waals surface area contributed by atoms with E-state index in [1.54, 1.807) is 18.2 Å². The Morgan fingerprint density at radius 2 is 1.80 bits per heavy atom. The normalized spacial score (nSPS) is 21.8. The van der Waals surface area contributed by atoms with Crippen molar-refractivity contribution in [2.24, 2.45) is 0 Å². The number of hydrogen-bond acceptors (Lipinski definition) is 4. The fourth-order valence-corrected chi connectivity index (χ4v) is 4.42. The molecule has 0 radical (unpaired) electrons. The first-order valence-electron chi connectivity index (χ1n) is 6.31. The fourth-order valence-electron chi connectivity index (χ4n) is 2.23. The summed E-state index contributed by atoms with van der Waals surface area (Å²) in [6, 6.07) is 7.68. The van der Waals surface area contributed by atoms with Gasteiger partial charge < -0.3 is 0 Å². The average Bonchev–Trinajstić information content (AvgIpc) is 2.38. The quantitative estimate of drug-likeness (QED) is 0.870. The topological polar surface area (TPSA) is 83.6 Å². The smallest absolute Gasteiger partial charge is 0.213 e. The van der Waals surface area contributed by atoms with Crippen LogP contribution >= 0.6 is 0 Å². The van der Waals surface area contributed by atoms with Crippen molar-refractivity contribution in [1.29, 1.82) is 0 Å². The lowest BCUT2D eigenvalue weighted by Gasteiger charge is -2.31. The SMILES string of the molecule is CS(=O)(=O)N1CCCC(NS(=O)(=O)c2ccccc2)C1. The van der Waals surface area contributed by atoms with Gasteiger partial charge in [0.2, 0.25) is 20.0 Å². The van der Waals surface area contributed by atoms with E-state index in [0.29, 0.717) is 19.4 Å². The molecule has 1 heterocycles. The summed E-state index contributed by atoms with van der Waals surface area (Å²) in [4.78, 5) is 0.191. The Bertz CT molecular complexity index is 656. The number of nitrogens with zero attached hydrogens (tertiary/aromatic N) is 1. The van der Waals surface area contributed by atoms with Gasteiger partial charge in [0, 0.05) is 19.1 Å². The van der Waals surface area contributed by atoms with Gasteiger partial charge in [0.15, 0.2) is 0 Å². The molecular weight excluding hydrogens is 300 g/mol. The second-order valence-electron chi connectivity index (χ2n) is 4.89. The fraction of sp³-hybridized carbons (Fsp3) is 0.500. The van der Waals surface area contributed by atoms with E-state index in [1.807, 2.05) is 0 Å². The Kier molecular flexibility index (Phi) is 4.48. The van der Waals surface area contributed by atoms with Crippen LogP contribution in [0.1, 0.15) is 12.8 Å². The minimum Gasteiger partial charge on any atom is -0.213 e. The average molecular weight is 318 g/mol. The van der Waals surface area contributed by atoms with Crippen LogP contribution in [0, 0.1) is 0 Å². The summed E-state index contributed by atoms with van der Waals surface area (Å²) in [6.07, 6.45) is 2.42. The molecule has 6 nitrogen and oxygen atoms in total. The maximum atomic E-state index is 12.2. The Balaban J connectivity index is 2.10.